The maximum Gasteiger partial charge on any atom is 0.231 e. The number of ether oxygens (including phenoxy) is 2. The summed E-state index contributed by atoms with van der Waals surface area (Å²) in [4.78, 5) is 0. The van der Waals surface area contributed by atoms with Gasteiger partial charge in [-0.1, -0.05) is 25.3 Å². The lowest BCUT2D eigenvalue weighted by Crippen LogP contribution is -2.23. The van der Waals surface area contributed by atoms with E-state index in [4.69, 9.17) is 15.2 Å². The number of hydrogen-bond donors (Lipinski definition) is 1. The smallest absolute Gasteiger partial charge is 0.231 e. The van der Waals surface area contributed by atoms with Crippen molar-refractivity contribution in [2.75, 3.05) is 6.79 Å². The Bertz CT molecular complexity index is 399. The van der Waals surface area contributed by atoms with Crippen LogP contribution in [0.4, 0.5) is 0 Å². The van der Waals surface area contributed by atoms with Gasteiger partial charge in [0.2, 0.25) is 6.79 Å². The van der Waals surface area contributed by atoms with E-state index in [1.165, 1.54) is 37.7 Å². The van der Waals surface area contributed by atoms with Crippen molar-refractivity contribution in [3.63, 3.8) is 0 Å². The van der Waals surface area contributed by atoms with Crippen molar-refractivity contribution in [3.05, 3.63) is 23.8 Å². The zero-order valence-corrected chi connectivity index (χ0v) is 10.0. The minimum absolute atomic E-state index is 0.143. The minimum Gasteiger partial charge on any atom is -0.454 e. The molecule has 1 aliphatic carbocycles. The molecule has 2 N–H and O–H groups in total. The Hall–Kier alpha value is -1.22. The van der Waals surface area contributed by atoms with Gasteiger partial charge in [0, 0.05) is 6.04 Å². The van der Waals surface area contributed by atoms with Crippen molar-refractivity contribution in [1.82, 2.24) is 0 Å². The van der Waals surface area contributed by atoms with Crippen LogP contribution in [-0.2, 0) is 0 Å². The largest absolute Gasteiger partial charge is 0.454 e. The van der Waals surface area contributed by atoms with E-state index in [0.29, 0.717) is 12.7 Å². The maximum absolute atomic E-state index is 6.37. The van der Waals surface area contributed by atoms with Gasteiger partial charge in [-0.05, 0) is 36.5 Å². The SMILES string of the molecule is NC(c1ccc2c(c1)OCO2)C1CCCCC1. The fourth-order valence-corrected chi connectivity index (χ4v) is 2.89. The molecule has 92 valence electrons. The molecule has 0 aromatic heterocycles. The van der Waals surface area contributed by atoms with Crippen LogP contribution >= 0.6 is 0 Å². The lowest BCUT2D eigenvalue weighted by Gasteiger charge is -2.27. The predicted molar refractivity (Wildman–Crippen MR) is 66.1 cm³/mol. The minimum atomic E-state index is 0.143. The summed E-state index contributed by atoms with van der Waals surface area (Å²) in [5, 5.41) is 0. The number of benzene rings is 1. The highest BCUT2D eigenvalue weighted by molar-refractivity contribution is 5.45. The highest BCUT2D eigenvalue weighted by atomic mass is 16.7. The molecule has 1 fully saturated rings. The van der Waals surface area contributed by atoms with Gasteiger partial charge in [0.05, 0.1) is 0 Å². The summed E-state index contributed by atoms with van der Waals surface area (Å²) in [7, 11) is 0. The number of fused-ring (bicyclic) bond motifs is 1. The summed E-state index contributed by atoms with van der Waals surface area (Å²) in [6, 6.07) is 6.24. The van der Waals surface area contributed by atoms with Gasteiger partial charge in [-0.3, -0.25) is 0 Å². The third-order valence-corrected chi connectivity index (χ3v) is 3.94. The highest BCUT2D eigenvalue weighted by Gasteiger charge is 2.23. The van der Waals surface area contributed by atoms with Crippen molar-refractivity contribution in [3.8, 4) is 11.5 Å². The molecule has 0 amide bonds. The second-order valence-electron chi connectivity index (χ2n) is 5.04. The van der Waals surface area contributed by atoms with Gasteiger partial charge in [-0.2, -0.15) is 0 Å². The Morgan fingerprint density at radius 2 is 1.82 bits per heavy atom. The van der Waals surface area contributed by atoms with E-state index in [2.05, 4.69) is 6.07 Å². The Morgan fingerprint density at radius 3 is 2.65 bits per heavy atom. The van der Waals surface area contributed by atoms with E-state index >= 15 is 0 Å². The van der Waals surface area contributed by atoms with Gasteiger partial charge in [-0.15, -0.1) is 0 Å². The second kappa shape index (κ2) is 4.57. The molecule has 1 atom stereocenters. The normalized spacial score (nSPS) is 21.5. The van der Waals surface area contributed by atoms with Gasteiger partial charge >= 0.3 is 0 Å². The summed E-state index contributed by atoms with van der Waals surface area (Å²) < 4.78 is 10.7. The van der Waals surface area contributed by atoms with Crippen LogP contribution in [0.2, 0.25) is 0 Å². The lowest BCUT2D eigenvalue weighted by atomic mass is 9.81. The number of hydrogen-bond acceptors (Lipinski definition) is 3. The average Bonchev–Trinajstić information content (AvgIpc) is 2.86. The first-order valence-corrected chi connectivity index (χ1v) is 6.50. The highest BCUT2D eigenvalue weighted by Crippen LogP contribution is 2.38. The van der Waals surface area contributed by atoms with E-state index < -0.39 is 0 Å². The monoisotopic (exact) mass is 233 g/mol. The van der Waals surface area contributed by atoms with Crippen LogP contribution in [0.5, 0.6) is 11.5 Å². The van der Waals surface area contributed by atoms with Gasteiger partial charge < -0.3 is 15.2 Å². The van der Waals surface area contributed by atoms with Crippen LogP contribution in [-0.4, -0.2) is 6.79 Å². The zero-order valence-electron chi connectivity index (χ0n) is 10.0. The molecule has 0 bridgehead atoms. The topological polar surface area (TPSA) is 44.5 Å². The third kappa shape index (κ3) is 2.12. The summed E-state index contributed by atoms with van der Waals surface area (Å²) in [6.07, 6.45) is 6.53. The lowest BCUT2D eigenvalue weighted by molar-refractivity contribution is 0.174. The first kappa shape index (κ1) is 10.9. The molecule has 2 aliphatic rings. The molecular weight excluding hydrogens is 214 g/mol. The standard InChI is InChI=1S/C14H19NO2/c15-14(10-4-2-1-3-5-10)11-6-7-12-13(8-11)17-9-16-12/h6-8,10,14H,1-5,9,15H2. The molecular formula is C14H19NO2. The van der Waals surface area contributed by atoms with E-state index in [9.17, 15) is 0 Å². The van der Waals surface area contributed by atoms with Crippen LogP contribution in [0.15, 0.2) is 18.2 Å². The van der Waals surface area contributed by atoms with E-state index in [-0.39, 0.29) is 6.04 Å². The van der Waals surface area contributed by atoms with E-state index in [1.54, 1.807) is 0 Å². The Kier molecular flexibility index (Phi) is 2.93. The Labute approximate surface area is 102 Å². The molecule has 3 heteroatoms. The molecule has 1 aromatic rings. The second-order valence-corrected chi connectivity index (χ2v) is 5.04. The van der Waals surface area contributed by atoms with Crippen LogP contribution < -0.4 is 15.2 Å². The molecule has 1 saturated carbocycles. The summed E-state index contributed by atoms with van der Waals surface area (Å²) >= 11 is 0. The molecule has 3 rings (SSSR count). The Balaban J connectivity index is 1.78. The van der Waals surface area contributed by atoms with Crippen molar-refractivity contribution in [1.29, 1.82) is 0 Å². The predicted octanol–water partition coefficient (Wildman–Crippen LogP) is 3.00. The van der Waals surface area contributed by atoms with Crippen molar-refractivity contribution in [2.45, 2.75) is 38.1 Å². The van der Waals surface area contributed by atoms with E-state index in [1.807, 2.05) is 12.1 Å². The molecule has 0 spiro atoms. The third-order valence-electron chi connectivity index (χ3n) is 3.94. The van der Waals surface area contributed by atoms with Crippen molar-refractivity contribution in [2.24, 2.45) is 11.7 Å². The van der Waals surface area contributed by atoms with Gasteiger partial charge in [0.25, 0.3) is 0 Å². The first-order chi connectivity index (χ1) is 8.34. The number of rotatable bonds is 2. The summed E-state index contributed by atoms with van der Waals surface area (Å²) in [6.45, 7) is 0.331. The summed E-state index contributed by atoms with van der Waals surface area (Å²) in [5.41, 5.74) is 7.55. The van der Waals surface area contributed by atoms with Gasteiger partial charge in [0.1, 0.15) is 0 Å². The van der Waals surface area contributed by atoms with Gasteiger partial charge in [-0.25, -0.2) is 0 Å². The molecule has 1 unspecified atom stereocenters. The fraction of sp³-hybridized carbons (Fsp3) is 0.571. The molecule has 1 aliphatic heterocycles. The van der Waals surface area contributed by atoms with Crippen molar-refractivity contribution >= 4 is 0 Å². The first-order valence-electron chi connectivity index (χ1n) is 6.50. The average molecular weight is 233 g/mol. The molecule has 3 nitrogen and oxygen atoms in total. The fourth-order valence-electron chi connectivity index (χ4n) is 2.89. The molecule has 1 aromatic carbocycles. The van der Waals surface area contributed by atoms with Crippen LogP contribution in [0.3, 0.4) is 0 Å². The number of nitrogens with two attached hydrogens (primary N) is 1. The Morgan fingerprint density at radius 1 is 1.06 bits per heavy atom. The van der Waals surface area contributed by atoms with Crippen molar-refractivity contribution < 1.29 is 9.47 Å². The summed E-state index contributed by atoms with van der Waals surface area (Å²) in [5.74, 6) is 2.31. The molecule has 1 heterocycles. The zero-order chi connectivity index (χ0) is 11.7. The molecule has 17 heavy (non-hydrogen) atoms. The van der Waals surface area contributed by atoms with Crippen LogP contribution in [0.1, 0.15) is 43.7 Å². The van der Waals surface area contributed by atoms with Crippen LogP contribution in [0.25, 0.3) is 0 Å². The maximum atomic E-state index is 6.37. The van der Waals surface area contributed by atoms with E-state index in [0.717, 1.165) is 11.5 Å². The van der Waals surface area contributed by atoms with Gasteiger partial charge in [0.15, 0.2) is 11.5 Å². The quantitative estimate of drug-likeness (QED) is 0.854. The molecule has 0 radical (unpaired) electrons. The van der Waals surface area contributed by atoms with Crippen LogP contribution in [0, 0.1) is 5.92 Å². The molecule has 0 saturated heterocycles.